The van der Waals surface area contributed by atoms with Crippen molar-refractivity contribution in [3.05, 3.63) is 66.2 Å². The van der Waals surface area contributed by atoms with Gasteiger partial charge in [0.15, 0.2) is 5.96 Å². The van der Waals surface area contributed by atoms with Gasteiger partial charge in [0.1, 0.15) is 11.9 Å². The maximum atomic E-state index is 6.17. The van der Waals surface area contributed by atoms with E-state index in [1.54, 1.807) is 0 Å². The molecule has 0 amide bonds. The van der Waals surface area contributed by atoms with E-state index in [-0.39, 0.29) is 11.5 Å². The molecule has 2 fully saturated rings. The number of nitrogens with zero attached hydrogens (tertiary/aromatic N) is 2. The first-order valence-electron chi connectivity index (χ1n) is 11.7. The van der Waals surface area contributed by atoms with Crippen LogP contribution < -0.4 is 10.1 Å². The van der Waals surface area contributed by atoms with Crippen molar-refractivity contribution in [3.63, 3.8) is 0 Å². The second kappa shape index (κ2) is 10.7. The van der Waals surface area contributed by atoms with Gasteiger partial charge in [-0.05, 0) is 37.5 Å². The zero-order chi connectivity index (χ0) is 21.4. The van der Waals surface area contributed by atoms with E-state index in [4.69, 9.17) is 14.5 Å². The van der Waals surface area contributed by atoms with E-state index in [1.165, 1.54) is 5.56 Å². The average molecular weight is 422 g/mol. The Morgan fingerprint density at radius 3 is 2.32 bits per heavy atom. The molecular formula is C26H35N3O2. The van der Waals surface area contributed by atoms with Gasteiger partial charge >= 0.3 is 0 Å². The Morgan fingerprint density at radius 2 is 1.68 bits per heavy atom. The van der Waals surface area contributed by atoms with Crippen LogP contribution in [0.2, 0.25) is 0 Å². The smallest absolute Gasteiger partial charge is 0.193 e. The number of nitrogens with one attached hydrogen (secondary N) is 1. The van der Waals surface area contributed by atoms with Gasteiger partial charge in [-0.2, -0.15) is 0 Å². The van der Waals surface area contributed by atoms with Crippen LogP contribution in [0.4, 0.5) is 0 Å². The Balaban J connectivity index is 1.42. The van der Waals surface area contributed by atoms with Crippen molar-refractivity contribution < 1.29 is 9.47 Å². The zero-order valence-electron chi connectivity index (χ0n) is 18.6. The molecule has 2 aliphatic rings. The van der Waals surface area contributed by atoms with Gasteiger partial charge in [-0.15, -0.1) is 0 Å². The van der Waals surface area contributed by atoms with Crippen molar-refractivity contribution in [1.29, 1.82) is 0 Å². The van der Waals surface area contributed by atoms with Gasteiger partial charge in [-0.3, -0.25) is 4.99 Å². The van der Waals surface area contributed by atoms with Gasteiger partial charge in [0.05, 0.1) is 6.54 Å². The van der Waals surface area contributed by atoms with E-state index in [9.17, 15) is 0 Å². The van der Waals surface area contributed by atoms with E-state index in [1.807, 2.05) is 30.3 Å². The zero-order valence-corrected chi connectivity index (χ0v) is 18.6. The number of hydrogen-bond donors (Lipinski definition) is 1. The summed E-state index contributed by atoms with van der Waals surface area (Å²) in [5.41, 5.74) is 1.45. The predicted molar refractivity (Wildman–Crippen MR) is 126 cm³/mol. The molecule has 5 nitrogen and oxygen atoms in total. The molecule has 166 valence electrons. The number of guanidine groups is 1. The van der Waals surface area contributed by atoms with Crippen LogP contribution in [0.15, 0.2) is 65.7 Å². The highest BCUT2D eigenvalue weighted by Gasteiger charge is 2.34. The molecule has 2 heterocycles. The first-order chi connectivity index (χ1) is 15.3. The number of hydrogen-bond acceptors (Lipinski definition) is 3. The summed E-state index contributed by atoms with van der Waals surface area (Å²) in [7, 11) is 0. The fraction of sp³-hybridized carbons (Fsp3) is 0.500. The van der Waals surface area contributed by atoms with Gasteiger partial charge in [0, 0.05) is 51.1 Å². The van der Waals surface area contributed by atoms with E-state index in [0.717, 1.165) is 76.8 Å². The highest BCUT2D eigenvalue weighted by Crippen LogP contribution is 2.35. The van der Waals surface area contributed by atoms with Crippen molar-refractivity contribution in [1.82, 2.24) is 10.2 Å². The van der Waals surface area contributed by atoms with E-state index in [2.05, 4.69) is 47.5 Å². The third-order valence-electron chi connectivity index (χ3n) is 6.49. The molecule has 0 bridgehead atoms. The Morgan fingerprint density at radius 1 is 1.03 bits per heavy atom. The molecule has 2 saturated heterocycles. The van der Waals surface area contributed by atoms with Crippen molar-refractivity contribution in [2.24, 2.45) is 4.99 Å². The van der Waals surface area contributed by atoms with Gasteiger partial charge in [-0.1, -0.05) is 48.5 Å². The standard InChI is InChI=1S/C26H35N3O2/c1-2-27-25(29-17-13-24(14-18-29)31-23-11-7-4-8-12-23)28-21-26(15-19-30-20-16-26)22-9-5-3-6-10-22/h3-12,24H,2,13-21H2,1H3,(H,27,28). The van der Waals surface area contributed by atoms with Crippen LogP contribution in [0.1, 0.15) is 38.2 Å². The number of aliphatic imine (C=N–C) groups is 1. The number of piperidine rings is 1. The Labute approximate surface area is 186 Å². The molecular weight excluding hydrogens is 386 g/mol. The first kappa shape index (κ1) is 21.7. The van der Waals surface area contributed by atoms with E-state index in [0.29, 0.717) is 0 Å². The largest absolute Gasteiger partial charge is 0.490 e. The van der Waals surface area contributed by atoms with Crippen LogP contribution in [-0.4, -0.2) is 56.4 Å². The predicted octanol–water partition coefficient (Wildman–Crippen LogP) is 4.24. The highest BCUT2D eigenvalue weighted by atomic mass is 16.5. The number of ether oxygens (including phenoxy) is 2. The topological polar surface area (TPSA) is 46.1 Å². The number of rotatable bonds is 6. The lowest BCUT2D eigenvalue weighted by molar-refractivity contribution is 0.0529. The third-order valence-corrected chi connectivity index (χ3v) is 6.49. The second-order valence-corrected chi connectivity index (χ2v) is 8.55. The van der Waals surface area contributed by atoms with Crippen molar-refractivity contribution in [2.45, 2.75) is 44.1 Å². The third kappa shape index (κ3) is 5.59. The molecule has 4 rings (SSSR count). The van der Waals surface area contributed by atoms with Gasteiger partial charge in [0.25, 0.3) is 0 Å². The minimum absolute atomic E-state index is 0.0644. The fourth-order valence-corrected chi connectivity index (χ4v) is 4.62. The van der Waals surface area contributed by atoms with Crippen molar-refractivity contribution in [2.75, 3.05) is 39.4 Å². The normalized spacial score (nSPS) is 19.8. The lowest BCUT2D eigenvalue weighted by Gasteiger charge is -2.38. The minimum atomic E-state index is 0.0644. The summed E-state index contributed by atoms with van der Waals surface area (Å²) in [4.78, 5) is 7.55. The summed E-state index contributed by atoms with van der Waals surface area (Å²) in [6, 6.07) is 21.0. The molecule has 0 aromatic heterocycles. The van der Waals surface area contributed by atoms with Gasteiger partial charge in [-0.25, -0.2) is 0 Å². The molecule has 0 atom stereocenters. The van der Waals surface area contributed by atoms with Crippen LogP contribution in [-0.2, 0) is 10.2 Å². The summed E-state index contributed by atoms with van der Waals surface area (Å²) in [6.07, 6.45) is 4.33. The molecule has 0 radical (unpaired) electrons. The summed E-state index contributed by atoms with van der Waals surface area (Å²) in [5.74, 6) is 1.99. The maximum absolute atomic E-state index is 6.17. The minimum Gasteiger partial charge on any atom is -0.490 e. The molecule has 0 unspecified atom stereocenters. The van der Waals surface area contributed by atoms with Crippen LogP contribution in [0.3, 0.4) is 0 Å². The fourth-order valence-electron chi connectivity index (χ4n) is 4.62. The molecule has 0 spiro atoms. The summed E-state index contributed by atoms with van der Waals surface area (Å²) in [5, 5.41) is 3.53. The van der Waals surface area contributed by atoms with Crippen LogP contribution in [0, 0.1) is 0 Å². The molecule has 2 aromatic rings. The summed E-state index contributed by atoms with van der Waals surface area (Å²) in [6.45, 7) is 7.36. The SMILES string of the molecule is CCNC(=NCC1(c2ccccc2)CCOCC1)N1CCC(Oc2ccccc2)CC1. The molecule has 0 saturated carbocycles. The van der Waals surface area contributed by atoms with Crippen molar-refractivity contribution >= 4 is 5.96 Å². The molecule has 1 N–H and O–H groups in total. The Hall–Kier alpha value is -2.53. The van der Waals surface area contributed by atoms with Gasteiger partial charge in [0.2, 0.25) is 0 Å². The first-order valence-corrected chi connectivity index (χ1v) is 11.7. The van der Waals surface area contributed by atoms with Crippen LogP contribution in [0.25, 0.3) is 0 Å². The van der Waals surface area contributed by atoms with E-state index >= 15 is 0 Å². The maximum Gasteiger partial charge on any atom is 0.193 e. The van der Waals surface area contributed by atoms with Gasteiger partial charge < -0.3 is 19.7 Å². The molecule has 31 heavy (non-hydrogen) atoms. The summed E-state index contributed by atoms with van der Waals surface area (Å²) >= 11 is 0. The van der Waals surface area contributed by atoms with E-state index < -0.39 is 0 Å². The number of para-hydroxylation sites is 1. The Kier molecular flexibility index (Phi) is 7.47. The number of likely N-dealkylation sites (tertiary alicyclic amines) is 1. The molecule has 2 aliphatic heterocycles. The lowest BCUT2D eigenvalue weighted by atomic mass is 9.74. The molecule has 0 aliphatic carbocycles. The van der Waals surface area contributed by atoms with Crippen molar-refractivity contribution in [3.8, 4) is 5.75 Å². The second-order valence-electron chi connectivity index (χ2n) is 8.55. The summed E-state index contributed by atoms with van der Waals surface area (Å²) < 4.78 is 11.9. The molecule has 5 heteroatoms. The van der Waals surface area contributed by atoms with Crippen LogP contribution in [0.5, 0.6) is 5.75 Å². The number of benzene rings is 2. The average Bonchev–Trinajstić information content (AvgIpc) is 2.84. The molecule has 2 aromatic carbocycles. The quantitative estimate of drug-likeness (QED) is 0.560. The highest BCUT2D eigenvalue weighted by molar-refractivity contribution is 5.80. The monoisotopic (exact) mass is 421 g/mol. The lowest BCUT2D eigenvalue weighted by Crippen LogP contribution is -2.48. The Bertz CT molecular complexity index is 811. The van der Waals surface area contributed by atoms with Crippen LogP contribution >= 0.6 is 0 Å².